The molecule has 0 aliphatic carbocycles. The van der Waals surface area contributed by atoms with E-state index in [0.29, 0.717) is 11.4 Å². The van der Waals surface area contributed by atoms with Crippen molar-refractivity contribution in [3.63, 3.8) is 0 Å². The highest BCUT2D eigenvalue weighted by Gasteiger charge is 2.09. The molecule has 1 unspecified atom stereocenters. The highest BCUT2D eigenvalue weighted by molar-refractivity contribution is 6.31. The van der Waals surface area contributed by atoms with Crippen molar-refractivity contribution in [1.82, 2.24) is 5.32 Å². The number of rotatable bonds is 4. The number of nitrogens with zero attached hydrogens (tertiary/aromatic N) is 1. The van der Waals surface area contributed by atoms with Gasteiger partial charge in [-0.1, -0.05) is 29.8 Å². The first kappa shape index (κ1) is 12.5. The van der Waals surface area contributed by atoms with Gasteiger partial charge in [0.05, 0.1) is 6.07 Å². The quantitative estimate of drug-likeness (QED) is 0.872. The zero-order valence-corrected chi connectivity index (χ0v) is 9.79. The van der Waals surface area contributed by atoms with Gasteiger partial charge in [0.1, 0.15) is 6.42 Å². The van der Waals surface area contributed by atoms with E-state index in [1.807, 2.05) is 37.3 Å². The van der Waals surface area contributed by atoms with E-state index in [4.69, 9.17) is 16.9 Å². The van der Waals surface area contributed by atoms with Gasteiger partial charge in [-0.2, -0.15) is 5.26 Å². The second-order valence-corrected chi connectivity index (χ2v) is 4.01. The van der Waals surface area contributed by atoms with E-state index in [1.165, 1.54) is 0 Å². The molecule has 1 atom stereocenters. The third-order valence-electron chi connectivity index (χ3n) is 2.13. The van der Waals surface area contributed by atoms with Gasteiger partial charge >= 0.3 is 0 Å². The minimum Gasteiger partial charge on any atom is -0.352 e. The summed E-state index contributed by atoms with van der Waals surface area (Å²) in [7, 11) is 0. The summed E-state index contributed by atoms with van der Waals surface area (Å²) in [6.45, 7) is 1.89. The molecule has 0 bridgehead atoms. The van der Waals surface area contributed by atoms with E-state index in [1.54, 1.807) is 0 Å². The van der Waals surface area contributed by atoms with E-state index >= 15 is 0 Å². The van der Waals surface area contributed by atoms with E-state index < -0.39 is 0 Å². The fraction of sp³-hybridized carbons (Fsp3) is 0.333. The van der Waals surface area contributed by atoms with E-state index in [2.05, 4.69) is 5.32 Å². The molecule has 0 spiro atoms. The number of benzene rings is 1. The van der Waals surface area contributed by atoms with Crippen molar-refractivity contribution in [3.8, 4) is 6.07 Å². The van der Waals surface area contributed by atoms with Gasteiger partial charge in [-0.05, 0) is 25.0 Å². The summed E-state index contributed by atoms with van der Waals surface area (Å²) in [5.74, 6) is -0.248. The number of nitriles is 1. The maximum Gasteiger partial charge on any atom is 0.234 e. The van der Waals surface area contributed by atoms with Crippen LogP contribution in [-0.4, -0.2) is 11.9 Å². The highest BCUT2D eigenvalue weighted by atomic mass is 35.5. The van der Waals surface area contributed by atoms with Crippen LogP contribution < -0.4 is 5.32 Å². The average Bonchev–Trinajstić information content (AvgIpc) is 2.21. The average molecular weight is 237 g/mol. The molecule has 1 N–H and O–H groups in total. The first-order valence-electron chi connectivity index (χ1n) is 5.03. The molecular formula is C12H13ClN2O. The number of carbonyl (C=O) groups is 1. The van der Waals surface area contributed by atoms with Crippen LogP contribution in [0.15, 0.2) is 24.3 Å². The van der Waals surface area contributed by atoms with Gasteiger partial charge in [0.25, 0.3) is 0 Å². The van der Waals surface area contributed by atoms with E-state index in [-0.39, 0.29) is 18.4 Å². The molecule has 0 radical (unpaired) electrons. The normalized spacial score (nSPS) is 11.6. The summed E-state index contributed by atoms with van der Waals surface area (Å²) >= 11 is 6.00. The number of halogens is 1. The van der Waals surface area contributed by atoms with Crippen LogP contribution in [0.25, 0.3) is 0 Å². The van der Waals surface area contributed by atoms with Crippen molar-refractivity contribution in [2.75, 3.05) is 0 Å². The first-order chi connectivity index (χ1) is 7.63. The molecule has 4 heteroatoms. The van der Waals surface area contributed by atoms with Crippen molar-refractivity contribution >= 4 is 17.5 Å². The lowest BCUT2D eigenvalue weighted by Crippen LogP contribution is -2.33. The monoisotopic (exact) mass is 236 g/mol. The van der Waals surface area contributed by atoms with Crippen molar-refractivity contribution in [3.05, 3.63) is 34.9 Å². The number of hydrogen-bond donors (Lipinski definition) is 1. The number of carbonyl (C=O) groups excluding carboxylic acids is 1. The SMILES string of the molecule is CC(Cc1ccccc1Cl)NC(=O)CC#N. The maximum atomic E-state index is 11.2. The first-order valence-corrected chi connectivity index (χ1v) is 5.41. The lowest BCUT2D eigenvalue weighted by molar-refractivity contribution is -0.120. The second-order valence-electron chi connectivity index (χ2n) is 3.60. The molecule has 0 aliphatic rings. The molecule has 1 aromatic carbocycles. The second kappa shape index (κ2) is 6.14. The predicted molar refractivity (Wildman–Crippen MR) is 63.0 cm³/mol. The molecule has 0 saturated carbocycles. The third kappa shape index (κ3) is 3.92. The summed E-state index contributed by atoms with van der Waals surface area (Å²) < 4.78 is 0. The third-order valence-corrected chi connectivity index (χ3v) is 2.50. The van der Waals surface area contributed by atoms with Crippen LogP contribution in [0.1, 0.15) is 18.9 Å². The van der Waals surface area contributed by atoms with Crippen molar-refractivity contribution in [2.45, 2.75) is 25.8 Å². The fourth-order valence-corrected chi connectivity index (χ4v) is 1.66. The van der Waals surface area contributed by atoms with Crippen molar-refractivity contribution in [2.24, 2.45) is 0 Å². The van der Waals surface area contributed by atoms with Crippen LogP contribution in [0.4, 0.5) is 0 Å². The largest absolute Gasteiger partial charge is 0.352 e. The lowest BCUT2D eigenvalue weighted by Gasteiger charge is -2.13. The summed E-state index contributed by atoms with van der Waals surface area (Å²) in [6, 6.07) is 9.30. The Labute approximate surface area is 100 Å². The lowest BCUT2D eigenvalue weighted by atomic mass is 10.1. The molecule has 1 rings (SSSR count). The zero-order valence-electron chi connectivity index (χ0n) is 9.03. The van der Waals surface area contributed by atoms with E-state index in [0.717, 1.165) is 5.56 Å². The molecule has 16 heavy (non-hydrogen) atoms. The Hall–Kier alpha value is -1.53. The fourth-order valence-electron chi connectivity index (χ4n) is 1.44. The summed E-state index contributed by atoms with van der Waals surface area (Å²) in [5.41, 5.74) is 0.994. The number of nitrogens with one attached hydrogen (secondary N) is 1. The van der Waals surface area contributed by atoms with Gasteiger partial charge in [0.2, 0.25) is 5.91 Å². The minimum absolute atomic E-state index is 0.0271. The molecular weight excluding hydrogens is 224 g/mol. The molecule has 3 nitrogen and oxygen atoms in total. The summed E-state index contributed by atoms with van der Waals surface area (Å²) in [4.78, 5) is 11.2. The molecule has 0 heterocycles. The van der Waals surface area contributed by atoms with Crippen molar-refractivity contribution < 1.29 is 4.79 Å². The van der Waals surface area contributed by atoms with Crippen LogP contribution >= 0.6 is 11.6 Å². The molecule has 1 amide bonds. The molecule has 0 fully saturated rings. The zero-order chi connectivity index (χ0) is 12.0. The van der Waals surface area contributed by atoms with Gasteiger partial charge < -0.3 is 5.32 Å². The van der Waals surface area contributed by atoms with Gasteiger partial charge in [-0.3, -0.25) is 4.79 Å². The Morgan fingerprint density at radius 3 is 2.88 bits per heavy atom. The van der Waals surface area contributed by atoms with Crippen LogP contribution in [0.5, 0.6) is 0 Å². The Balaban J connectivity index is 2.52. The van der Waals surface area contributed by atoms with Gasteiger partial charge in [0.15, 0.2) is 0 Å². The highest BCUT2D eigenvalue weighted by Crippen LogP contribution is 2.16. The topological polar surface area (TPSA) is 52.9 Å². The van der Waals surface area contributed by atoms with Crippen LogP contribution in [0, 0.1) is 11.3 Å². The minimum atomic E-state index is -0.248. The van der Waals surface area contributed by atoms with Crippen LogP contribution in [-0.2, 0) is 11.2 Å². The number of amides is 1. The van der Waals surface area contributed by atoms with Gasteiger partial charge in [-0.25, -0.2) is 0 Å². The molecule has 0 aromatic heterocycles. The Morgan fingerprint density at radius 1 is 1.56 bits per heavy atom. The molecule has 0 aliphatic heterocycles. The predicted octanol–water partition coefficient (Wildman–Crippen LogP) is 2.30. The molecule has 84 valence electrons. The molecule has 0 saturated heterocycles. The van der Waals surface area contributed by atoms with E-state index in [9.17, 15) is 4.79 Å². The number of hydrogen-bond acceptors (Lipinski definition) is 2. The van der Waals surface area contributed by atoms with Crippen LogP contribution in [0.2, 0.25) is 5.02 Å². The van der Waals surface area contributed by atoms with Gasteiger partial charge in [0, 0.05) is 11.1 Å². The van der Waals surface area contributed by atoms with Gasteiger partial charge in [-0.15, -0.1) is 0 Å². The van der Waals surface area contributed by atoms with Crippen LogP contribution in [0.3, 0.4) is 0 Å². The summed E-state index contributed by atoms with van der Waals surface area (Å²) in [6.07, 6.45) is 0.559. The Morgan fingerprint density at radius 2 is 2.25 bits per heavy atom. The smallest absolute Gasteiger partial charge is 0.234 e. The molecule has 1 aromatic rings. The Bertz CT molecular complexity index is 412. The van der Waals surface area contributed by atoms with Crippen molar-refractivity contribution in [1.29, 1.82) is 5.26 Å². The standard InChI is InChI=1S/C12H13ClN2O/c1-9(15-12(16)6-7-14)8-10-4-2-3-5-11(10)13/h2-5,9H,6,8H2,1H3,(H,15,16). The maximum absolute atomic E-state index is 11.2. The Kier molecular flexibility index (Phi) is 4.81. The summed E-state index contributed by atoms with van der Waals surface area (Å²) in [5, 5.41) is 11.8.